The molecule has 1 saturated heterocycles. The minimum atomic E-state index is 0.197. The molecule has 0 aliphatic carbocycles. The number of amides is 1. The Kier molecular flexibility index (Phi) is 2.53. The van der Waals surface area contributed by atoms with Gasteiger partial charge < -0.3 is 5.32 Å². The second-order valence-corrected chi connectivity index (χ2v) is 3.93. The molecular weight excluding hydrogens is 174 g/mol. The van der Waals surface area contributed by atoms with Crippen LogP contribution in [-0.4, -0.2) is 11.9 Å². The van der Waals surface area contributed by atoms with Crippen molar-refractivity contribution in [2.24, 2.45) is 5.92 Å². The molecule has 14 heavy (non-hydrogen) atoms. The van der Waals surface area contributed by atoms with E-state index in [-0.39, 0.29) is 11.8 Å². The average Bonchev–Trinajstić information content (AvgIpc) is 2.25. The van der Waals surface area contributed by atoms with Crippen LogP contribution in [0.1, 0.15) is 18.9 Å². The van der Waals surface area contributed by atoms with Crippen LogP contribution in [0.2, 0.25) is 0 Å². The predicted octanol–water partition coefficient (Wildman–Crippen LogP) is 1.75. The van der Waals surface area contributed by atoms with Crippen LogP contribution in [0.5, 0.6) is 0 Å². The van der Waals surface area contributed by atoms with E-state index < -0.39 is 0 Å². The molecule has 0 spiro atoms. The lowest BCUT2D eigenvalue weighted by Gasteiger charge is -2.34. The van der Waals surface area contributed by atoms with Gasteiger partial charge in [0.05, 0.1) is 5.92 Å². The molecule has 2 heteroatoms. The molecule has 1 amide bonds. The molecule has 0 unspecified atom stereocenters. The van der Waals surface area contributed by atoms with E-state index in [2.05, 4.69) is 29.6 Å². The molecule has 1 aliphatic rings. The number of rotatable bonds is 3. The molecule has 0 aromatic heterocycles. The third-order valence-electron chi connectivity index (χ3n) is 2.93. The molecule has 0 bridgehead atoms. The van der Waals surface area contributed by atoms with Crippen LogP contribution >= 0.6 is 0 Å². The molecule has 2 nitrogen and oxygen atoms in total. The highest BCUT2D eigenvalue weighted by Crippen LogP contribution is 2.18. The first-order valence-electron chi connectivity index (χ1n) is 5.11. The summed E-state index contributed by atoms with van der Waals surface area (Å²) in [6.07, 6.45) is 2.10. The summed E-state index contributed by atoms with van der Waals surface area (Å²) in [5.74, 6) is 0.404. The molecule has 2 atom stereocenters. The number of carbonyl (C=O) groups is 1. The first-order chi connectivity index (χ1) is 6.77. The predicted molar refractivity (Wildman–Crippen MR) is 55.9 cm³/mol. The van der Waals surface area contributed by atoms with Gasteiger partial charge >= 0.3 is 0 Å². The Morgan fingerprint density at radius 3 is 2.57 bits per heavy atom. The Labute approximate surface area is 84.3 Å². The third kappa shape index (κ3) is 1.79. The van der Waals surface area contributed by atoms with Gasteiger partial charge in [-0.1, -0.05) is 37.3 Å². The normalized spacial score (nSPS) is 25.4. The van der Waals surface area contributed by atoms with Crippen LogP contribution in [0.15, 0.2) is 30.3 Å². The highest BCUT2D eigenvalue weighted by atomic mass is 16.2. The Hall–Kier alpha value is -1.31. The maximum absolute atomic E-state index is 10.9. The van der Waals surface area contributed by atoms with E-state index in [1.807, 2.05) is 13.0 Å². The minimum absolute atomic E-state index is 0.197. The van der Waals surface area contributed by atoms with Gasteiger partial charge in [-0.05, 0) is 18.4 Å². The van der Waals surface area contributed by atoms with Crippen molar-refractivity contribution in [2.45, 2.75) is 25.8 Å². The second kappa shape index (κ2) is 3.82. The van der Waals surface area contributed by atoms with Crippen LogP contribution in [-0.2, 0) is 11.2 Å². The zero-order valence-corrected chi connectivity index (χ0v) is 8.36. The zero-order valence-electron chi connectivity index (χ0n) is 8.36. The highest BCUT2D eigenvalue weighted by Gasteiger charge is 2.34. The van der Waals surface area contributed by atoms with E-state index in [0.717, 1.165) is 12.8 Å². The highest BCUT2D eigenvalue weighted by molar-refractivity contribution is 5.85. The number of benzene rings is 1. The fraction of sp³-hybridized carbons (Fsp3) is 0.417. The van der Waals surface area contributed by atoms with Crippen LogP contribution in [0.25, 0.3) is 0 Å². The number of aryl methyl sites for hydroxylation is 1. The smallest absolute Gasteiger partial charge is 0.225 e. The summed E-state index contributed by atoms with van der Waals surface area (Å²) in [6.45, 7) is 1.99. The molecule has 2 rings (SSSR count). The average molecular weight is 189 g/mol. The van der Waals surface area contributed by atoms with Crippen LogP contribution in [0, 0.1) is 5.92 Å². The van der Waals surface area contributed by atoms with Crippen molar-refractivity contribution in [1.29, 1.82) is 0 Å². The van der Waals surface area contributed by atoms with Gasteiger partial charge in [0, 0.05) is 6.04 Å². The van der Waals surface area contributed by atoms with Crippen molar-refractivity contribution < 1.29 is 4.79 Å². The van der Waals surface area contributed by atoms with Gasteiger partial charge in [-0.2, -0.15) is 0 Å². The summed E-state index contributed by atoms with van der Waals surface area (Å²) in [6, 6.07) is 10.8. The standard InChI is InChI=1S/C12H15NO/c1-9-11(13-12(9)14)8-7-10-5-3-2-4-6-10/h2-6,9,11H,7-8H2,1H3,(H,13,14)/t9-,11+/m1/s1. The summed E-state index contributed by atoms with van der Waals surface area (Å²) in [4.78, 5) is 10.9. The van der Waals surface area contributed by atoms with E-state index >= 15 is 0 Å². The van der Waals surface area contributed by atoms with Crippen LogP contribution < -0.4 is 5.32 Å². The lowest BCUT2D eigenvalue weighted by atomic mass is 9.88. The lowest BCUT2D eigenvalue weighted by Crippen LogP contribution is -2.56. The summed E-state index contributed by atoms with van der Waals surface area (Å²) >= 11 is 0. The largest absolute Gasteiger partial charge is 0.352 e. The number of nitrogens with one attached hydrogen (secondary N) is 1. The summed E-state index contributed by atoms with van der Waals surface area (Å²) in [7, 11) is 0. The van der Waals surface area contributed by atoms with Crippen molar-refractivity contribution in [1.82, 2.24) is 5.32 Å². The van der Waals surface area contributed by atoms with Gasteiger partial charge in [0.25, 0.3) is 0 Å². The van der Waals surface area contributed by atoms with Crippen molar-refractivity contribution >= 4 is 5.91 Å². The monoisotopic (exact) mass is 189 g/mol. The van der Waals surface area contributed by atoms with Gasteiger partial charge in [0.1, 0.15) is 0 Å². The molecule has 1 fully saturated rings. The molecule has 1 heterocycles. The van der Waals surface area contributed by atoms with E-state index in [0.29, 0.717) is 6.04 Å². The number of β-lactam (4-membered cyclic amide) rings is 1. The summed E-state index contributed by atoms with van der Waals surface area (Å²) < 4.78 is 0. The number of hydrogen-bond donors (Lipinski definition) is 1. The molecule has 74 valence electrons. The second-order valence-electron chi connectivity index (χ2n) is 3.93. The minimum Gasteiger partial charge on any atom is -0.352 e. The van der Waals surface area contributed by atoms with Crippen molar-refractivity contribution in [3.05, 3.63) is 35.9 Å². The van der Waals surface area contributed by atoms with Gasteiger partial charge in [0.15, 0.2) is 0 Å². The SMILES string of the molecule is C[C@H]1C(=O)N[C@H]1CCc1ccccc1. The van der Waals surface area contributed by atoms with Gasteiger partial charge in [-0.15, -0.1) is 0 Å². The third-order valence-corrected chi connectivity index (χ3v) is 2.93. The molecule has 1 aromatic rings. The Morgan fingerprint density at radius 2 is 2.00 bits per heavy atom. The summed E-state index contributed by atoms with van der Waals surface area (Å²) in [5.41, 5.74) is 1.35. The molecule has 1 N–H and O–H groups in total. The Bertz CT molecular complexity index is 320. The van der Waals surface area contributed by atoms with Crippen molar-refractivity contribution in [3.8, 4) is 0 Å². The molecular formula is C12H15NO. The quantitative estimate of drug-likeness (QED) is 0.721. The first-order valence-corrected chi connectivity index (χ1v) is 5.11. The van der Waals surface area contributed by atoms with E-state index in [4.69, 9.17) is 0 Å². The first kappa shape index (κ1) is 9.25. The number of carbonyl (C=O) groups excluding carboxylic acids is 1. The maximum Gasteiger partial charge on any atom is 0.225 e. The summed E-state index contributed by atoms with van der Waals surface area (Å²) in [5, 5.41) is 2.92. The van der Waals surface area contributed by atoms with Gasteiger partial charge in [-0.3, -0.25) is 4.79 Å². The topological polar surface area (TPSA) is 29.1 Å². The van der Waals surface area contributed by atoms with Crippen molar-refractivity contribution in [2.75, 3.05) is 0 Å². The fourth-order valence-electron chi connectivity index (χ4n) is 1.81. The van der Waals surface area contributed by atoms with E-state index in [9.17, 15) is 4.79 Å². The molecule has 1 aromatic carbocycles. The number of hydrogen-bond acceptors (Lipinski definition) is 1. The Balaban J connectivity index is 1.81. The lowest BCUT2D eigenvalue weighted by molar-refractivity contribution is -0.134. The van der Waals surface area contributed by atoms with E-state index in [1.54, 1.807) is 0 Å². The van der Waals surface area contributed by atoms with Crippen LogP contribution in [0.3, 0.4) is 0 Å². The molecule has 1 aliphatic heterocycles. The van der Waals surface area contributed by atoms with E-state index in [1.165, 1.54) is 5.56 Å². The zero-order chi connectivity index (χ0) is 9.97. The van der Waals surface area contributed by atoms with Gasteiger partial charge in [-0.25, -0.2) is 0 Å². The van der Waals surface area contributed by atoms with Crippen molar-refractivity contribution in [3.63, 3.8) is 0 Å². The molecule has 0 saturated carbocycles. The maximum atomic E-state index is 10.9. The fourth-order valence-corrected chi connectivity index (χ4v) is 1.81. The molecule has 0 radical (unpaired) electrons. The van der Waals surface area contributed by atoms with Gasteiger partial charge in [0.2, 0.25) is 5.91 Å². The van der Waals surface area contributed by atoms with Crippen LogP contribution in [0.4, 0.5) is 0 Å². The Morgan fingerprint density at radius 1 is 1.29 bits per heavy atom.